The standard InChI is InChI=1S/C9H10N4O5S/c10-19(17,18)5-1-8(14)13(4-5)7-3-11-2-6(12-7)9(15)16/h2-3,5H,1,4H2,(H,15,16)(H2,10,17,18). The minimum absolute atomic E-state index is 0.00366. The maximum Gasteiger partial charge on any atom is 0.356 e. The summed E-state index contributed by atoms with van der Waals surface area (Å²) in [7, 11) is -3.83. The third-order valence-corrected chi connectivity index (χ3v) is 3.92. The second-order valence-electron chi connectivity index (χ2n) is 3.99. The van der Waals surface area contributed by atoms with Crippen LogP contribution in [0.2, 0.25) is 0 Å². The smallest absolute Gasteiger partial charge is 0.356 e. The van der Waals surface area contributed by atoms with Crippen LogP contribution < -0.4 is 10.0 Å². The van der Waals surface area contributed by atoms with Crippen molar-refractivity contribution in [3.05, 3.63) is 18.1 Å². The second-order valence-corrected chi connectivity index (χ2v) is 5.83. The van der Waals surface area contributed by atoms with Gasteiger partial charge in [0.15, 0.2) is 11.5 Å². The molecular weight excluding hydrogens is 276 g/mol. The molecule has 1 amide bonds. The van der Waals surface area contributed by atoms with E-state index < -0.39 is 27.1 Å². The van der Waals surface area contributed by atoms with Crippen LogP contribution in [0.1, 0.15) is 16.9 Å². The molecule has 1 aromatic rings. The fourth-order valence-electron chi connectivity index (χ4n) is 1.71. The number of aromatic carboxylic acids is 1. The van der Waals surface area contributed by atoms with Crippen molar-refractivity contribution in [2.24, 2.45) is 5.14 Å². The van der Waals surface area contributed by atoms with Crippen LogP contribution in [0, 0.1) is 0 Å². The number of aromatic nitrogens is 2. The zero-order valence-corrected chi connectivity index (χ0v) is 10.4. The number of rotatable bonds is 3. The van der Waals surface area contributed by atoms with Gasteiger partial charge in [0.25, 0.3) is 0 Å². The SMILES string of the molecule is NS(=O)(=O)C1CC(=O)N(c2cncc(C(=O)O)n2)C1. The topological polar surface area (TPSA) is 144 Å². The minimum Gasteiger partial charge on any atom is -0.476 e. The molecule has 1 saturated heterocycles. The number of carboxylic acid groups (broad SMARTS) is 1. The van der Waals surface area contributed by atoms with Crippen molar-refractivity contribution in [2.45, 2.75) is 11.7 Å². The molecule has 0 radical (unpaired) electrons. The maximum absolute atomic E-state index is 11.7. The van der Waals surface area contributed by atoms with E-state index in [2.05, 4.69) is 9.97 Å². The average Bonchev–Trinajstić information content (AvgIpc) is 2.71. The molecule has 0 saturated carbocycles. The molecule has 9 nitrogen and oxygen atoms in total. The van der Waals surface area contributed by atoms with Gasteiger partial charge < -0.3 is 5.11 Å². The average molecular weight is 286 g/mol. The summed E-state index contributed by atoms with van der Waals surface area (Å²) in [5.41, 5.74) is -0.329. The molecule has 0 aliphatic carbocycles. The van der Waals surface area contributed by atoms with Crippen LogP contribution in [0.4, 0.5) is 5.82 Å². The van der Waals surface area contributed by atoms with Crippen molar-refractivity contribution in [2.75, 3.05) is 11.4 Å². The Balaban J connectivity index is 2.31. The number of amides is 1. The van der Waals surface area contributed by atoms with Crippen molar-refractivity contribution < 1.29 is 23.1 Å². The number of anilines is 1. The predicted octanol–water partition coefficient (Wildman–Crippen LogP) is -1.43. The predicted molar refractivity (Wildman–Crippen MR) is 62.9 cm³/mol. The van der Waals surface area contributed by atoms with Crippen molar-refractivity contribution in [1.29, 1.82) is 0 Å². The van der Waals surface area contributed by atoms with Gasteiger partial charge in [-0.25, -0.2) is 23.3 Å². The van der Waals surface area contributed by atoms with E-state index in [0.29, 0.717) is 0 Å². The molecule has 1 aliphatic heterocycles. The van der Waals surface area contributed by atoms with Crippen LogP contribution in [0.15, 0.2) is 12.4 Å². The number of carbonyl (C=O) groups excluding carboxylic acids is 1. The number of nitrogens with zero attached hydrogens (tertiary/aromatic N) is 3. The molecule has 2 heterocycles. The molecule has 1 aromatic heterocycles. The van der Waals surface area contributed by atoms with Gasteiger partial charge in [-0.1, -0.05) is 0 Å². The molecule has 3 N–H and O–H groups in total. The van der Waals surface area contributed by atoms with Gasteiger partial charge in [-0.3, -0.25) is 14.7 Å². The third-order valence-electron chi connectivity index (χ3n) is 2.67. The summed E-state index contributed by atoms with van der Waals surface area (Å²) in [6, 6.07) is 0. The quantitative estimate of drug-likeness (QED) is 0.693. The minimum atomic E-state index is -3.83. The monoisotopic (exact) mass is 286 g/mol. The molecule has 1 unspecified atom stereocenters. The van der Waals surface area contributed by atoms with Crippen LogP contribution in [-0.4, -0.2) is 47.2 Å². The Morgan fingerprint density at radius 3 is 2.68 bits per heavy atom. The van der Waals surface area contributed by atoms with Crippen molar-refractivity contribution in [1.82, 2.24) is 9.97 Å². The van der Waals surface area contributed by atoms with E-state index in [-0.39, 0.29) is 24.5 Å². The van der Waals surface area contributed by atoms with Crippen molar-refractivity contribution in [3.63, 3.8) is 0 Å². The van der Waals surface area contributed by atoms with Crippen molar-refractivity contribution >= 4 is 27.7 Å². The lowest BCUT2D eigenvalue weighted by atomic mass is 10.4. The number of carboxylic acids is 1. The lowest BCUT2D eigenvalue weighted by molar-refractivity contribution is -0.117. The van der Waals surface area contributed by atoms with Crippen molar-refractivity contribution in [3.8, 4) is 0 Å². The largest absolute Gasteiger partial charge is 0.476 e. The fraction of sp³-hybridized carbons (Fsp3) is 0.333. The molecule has 102 valence electrons. The summed E-state index contributed by atoms with van der Waals surface area (Å²) in [4.78, 5) is 30.9. The summed E-state index contributed by atoms with van der Waals surface area (Å²) >= 11 is 0. The van der Waals surface area contributed by atoms with E-state index in [1.165, 1.54) is 6.20 Å². The molecule has 0 aromatic carbocycles. The number of sulfonamides is 1. The van der Waals surface area contributed by atoms with E-state index in [9.17, 15) is 18.0 Å². The van der Waals surface area contributed by atoms with E-state index in [0.717, 1.165) is 11.1 Å². The van der Waals surface area contributed by atoms with Crippen LogP contribution in [0.5, 0.6) is 0 Å². The van der Waals surface area contributed by atoms with Gasteiger partial charge in [-0.15, -0.1) is 0 Å². The number of primary sulfonamides is 1. The molecule has 10 heteroatoms. The Hall–Kier alpha value is -2.07. The lowest BCUT2D eigenvalue weighted by Crippen LogP contribution is -2.32. The van der Waals surface area contributed by atoms with Crippen LogP contribution in [-0.2, 0) is 14.8 Å². The maximum atomic E-state index is 11.7. The number of nitrogens with two attached hydrogens (primary N) is 1. The Morgan fingerprint density at radius 1 is 1.47 bits per heavy atom. The number of hydrogen-bond acceptors (Lipinski definition) is 6. The Kier molecular flexibility index (Phi) is 3.20. The molecule has 0 bridgehead atoms. The normalized spacial score (nSPS) is 19.7. The lowest BCUT2D eigenvalue weighted by Gasteiger charge is -2.14. The van der Waals surface area contributed by atoms with Gasteiger partial charge in [0.1, 0.15) is 5.25 Å². The molecule has 1 fully saturated rings. The first-order valence-corrected chi connectivity index (χ1v) is 6.77. The Labute approximate surface area is 108 Å². The molecule has 1 aliphatic rings. The zero-order valence-electron chi connectivity index (χ0n) is 9.55. The summed E-state index contributed by atoms with van der Waals surface area (Å²) in [5, 5.41) is 12.7. The van der Waals surface area contributed by atoms with E-state index >= 15 is 0 Å². The van der Waals surface area contributed by atoms with E-state index in [4.69, 9.17) is 10.2 Å². The van der Waals surface area contributed by atoms with Crippen LogP contribution >= 0.6 is 0 Å². The summed E-state index contributed by atoms with van der Waals surface area (Å²) in [5.74, 6) is -1.78. The highest BCUT2D eigenvalue weighted by Gasteiger charge is 2.38. The Morgan fingerprint density at radius 2 is 2.16 bits per heavy atom. The molecule has 0 spiro atoms. The summed E-state index contributed by atoms with van der Waals surface area (Å²) in [6.45, 7) is -0.157. The van der Waals surface area contributed by atoms with Gasteiger partial charge in [0.2, 0.25) is 15.9 Å². The van der Waals surface area contributed by atoms with Gasteiger partial charge in [0.05, 0.1) is 12.4 Å². The highest BCUT2D eigenvalue weighted by Crippen LogP contribution is 2.22. The van der Waals surface area contributed by atoms with Crippen LogP contribution in [0.25, 0.3) is 0 Å². The first kappa shape index (κ1) is 13.4. The third kappa shape index (κ3) is 2.69. The van der Waals surface area contributed by atoms with E-state index in [1.807, 2.05) is 0 Å². The fourth-order valence-corrected chi connectivity index (χ4v) is 2.44. The highest BCUT2D eigenvalue weighted by atomic mass is 32.2. The molecule has 2 rings (SSSR count). The first-order valence-electron chi connectivity index (χ1n) is 5.16. The number of carbonyl (C=O) groups is 2. The van der Waals surface area contributed by atoms with Gasteiger partial charge >= 0.3 is 5.97 Å². The highest BCUT2D eigenvalue weighted by molar-refractivity contribution is 7.89. The molecular formula is C9H10N4O5S. The molecule has 1 atom stereocenters. The first-order chi connectivity index (χ1) is 8.79. The summed E-state index contributed by atoms with van der Waals surface area (Å²) in [6.07, 6.45) is 1.97. The number of hydrogen-bond donors (Lipinski definition) is 2. The Bertz CT molecular complexity index is 644. The van der Waals surface area contributed by atoms with Crippen LogP contribution in [0.3, 0.4) is 0 Å². The summed E-state index contributed by atoms with van der Waals surface area (Å²) < 4.78 is 22.4. The molecule has 19 heavy (non-hydrogen) atoms. The van der Waals surface area contributed by atoms with Gasteiger partial charge in [-0.05, 0) is 0 Å². The van der Waals surface area contributed by atoms with Gasteiger partial charge in [0, 0.05) is 13.0 Å². The second kappa shape index (κ2) is 4.55. The van der Waals surface area contributed by atoms with Gasteiger partial charge in [-0.2, -0.15) is 0 Å². The zero-order chi connectivity index (χ0) is 14.2. The van der Waals surface area contributed by atoms with E-state index in [1.54, 1.807) is 0 Å².